The van der Waals surface area contributed by atoms with Gasteiger partial charge in [-0.15, -0.1) is 0 Å². The number of halogens is 4. The minimum absolute atomic E-state index is 0.0455. The smallest absolute Gasteiger partial charge is 0.371 e. The average Bonchev–Trinajstić information content (AvgIpc) is 3.65. The van der Waals surface area contributed by atoms with Crippen LogP contribution in [0.1, 0.15) is 56.2 Å². The van der Waals surface area contributed by atoms with E-state index < -0.39 is 41.4 Å². The van der Waals surface area contributed by atoms with Gasteiger partial charge in [0.05, 0.1) is 31.0 Å². The highest BCUT2D eigenvalue weighted by atomic mass is 35.5. The number of benzene rings is 2. The summed E-state index contributed by atoms with van der Waals surface area (Å²) < 4.78 is 64.0. The van der Waals surface area contributed by atoms with Crippen LogP contribution in [-0.4, -0.2) is 42.2 Å². The van der Waals surface area contributed by atoms with E-state index in [9.17, 15) is 18.0 Å². The van der Waals surface area contributed by atoms with E-state index in [0.717, 1.165) is 30.5 Å². The van der Waals surface area contributed by atoms with Gasteiger partial charge in [0, 0.05) is 24.4 Å². The molecule has 1 unspecified atom stereocenters. The number of hydrogen-bond acceptors (Lipinski definition) is 5. The van der Waals surface area contributed by atoms with Crippen molar-refractivity contribution in [1.82, 2.24) is 5.32 Å². The standard InChI is InChI=1S/C29H33ClF3NO5/c1-27(2)38-24-14-28(26(35)34-15-18-6-7-18,37-17-20-4-3-5-22(30)12-20)13-23(25(24)39-27)36-16-19-8-10-21(11-9-19)29(31,32)33/h3-5,8-12,18,23-25H,6-7,13-17H2,1-2H3,(H,34,35)/t23?,24-,25+,28-/m1/s1. The first-order valence-corrected chi connectivity index (χ1v) is 13.6. The quantitative estimate of drug-likeness (QED) is 0.400. The highest BCUT2D eigenvalue weighted by molar-refractivity contribution is 6.30. The summed E-state index contributed by atoms with van der Waals surface area (Å²) in [4.78, 5) is 13.7. The van der Waals surface area contributed by atoms with Crippen molar-refractivity contribution in [3.8, 4) is 0 Å². The van der Waals surface area contributed by atoms with Gasteiger partial charge in [-0.05, 0) is 68.0 Å². The Balaban J connectivity index is 1.37. The Hall–Kier alpha value is -2.17. The van der Waals surface area contributed by atoms with Crippen LogP contribution in [0, 0.1) is 5.92 Å². The third kappa shape index (κ3) is 6.95. The van der Waals surface area contributed by atoms with E-state index in [1.807, 2.05) is 12.1 Å². The molecule has 3 aliphatic rings. The van der Waals surface area contributed by atoms with Crippen LogP contribution in [0.3, 0.4) is 0 Å². The Labute approximate surface area is 231 Å². The van der Waals surface area contributed by atoms with Crippen LogP contribution in [0.2, 0.25) is 5.02 Å². The zero-order valence-electron chi connectivity index (χ0n) is 21.9. The number of alkyl halides is 3. The van der Waals surface area contributed by atoms with E-state index in [1.54, 1.807) is 26.0 Å². The van der Waals surface area contributed by atoms with Gasteiger partial charge in [-0.2, -0.15) is 13.2 Å². The summed E-state index contributed by atoms with van der Waals surface area (Å²) in [5.41, 5.74) is -0.580. The molecule has 1 amide bonds. The van der Waals surface area contributed by atoms with Crippen molar-refractivity contribution in [1.29, 1.82) is 0 Å². The van der Waals surface area contributed by atoms with Crippen LogP contribution in [-0.2, 0) is 43.1 Å². The fourth-order valence-corrected chi connectivity index (χ4v) is 5.48. The van der Waals surface area contributed by atoms with Crippen molar-refractivity contribution in [3.05, 3.63) is 70.2 Å². The van der Waals surface area contributed by atoms with E-state index >= 15 is 0 Å². The fourth-order valence-electron chi connectivity index (χ4n) is 5.27. The molecule has 10 heteroatoms. The van der Waals surface area contributed by atoms with Gasteiger partial charge in [0.1, 0.15) is 6.10 Å². The Bertz CT molecular complexity index is 1170. The molecule has 2 aliphatic carbocycles. The second-order valence-corrected chi connectivity index (χ2v) is 11.6. The number of fused-ring (bicyclic) bond motifs is 1. The molecule has 0 bridgehead atoms. The molecule has 1 saturated heterocycles. The van der Waals surface area contributed by atoms with Crippen LogP contribution in [0.25, 0.3) is 0 Å². The number of amides is 1. The van der Waals surface area contributed by atoms with Crippen molar-refractivity contribution < 1.29 is 36.9 Å². The van der Waals surface area contributed by atoms with Crippen LogP contribution in [0.5, 0.6) is 0 Å². The van der Waals surface area contributed by atoms with E-state index in [0.29, 0.717) is 23.0 Å². The summed E-state index contributed by atoms with van der Waals surface area (Å²) >= 11 is 6.16. The van der Waals surface area contributed by atoms with Gasteiger partial charge < -0.3 is 24.3 Å². The first-order valence-electron chi connectivity index (χ1n) is 13.2. The SMILES string of the molecule is CC1(C)O[C@@H]2C[C@@](OCc3cccc(Cl)c3)(C(=O)NCC3CC3)CC(OCc3ccc(C(F)(F)F)cc3)[C@@H]2O1. The number of nitrogens with one attached hydrogen (secondary N) is 1. The monoisotopic (exact) mass is 567 g/mol. The number of ether oxygens (including phenoxy) is 4. The van der Waals surface area contributed by atoms with Gasteiger partial charge >= 0.3 is 6.18 Å². The maximum Gasteiger partial charge on any atom is 0.416 e. The number of rotatable bonds is 9. The molecule has 39 heavy (non-hydrogen) atoms. The highest BCUT2D eigenvalue weighted by Gasteiger charge is 2.58. The van der Waals surface area contributed by atoms with E-state index in [-0.39, 0.29) is 32.0 Å². The maximum absolute atomic E-state index is 13.7. The van der Waals surface area contributed by atoms with Crippen molar-refractivity contribution in [3.63, 3.8) is 0 Å². The molecule has 1 aliphatic heterocycles. The van der Waals surface area contributed by atoms with Crippen molar-refractivity contribution >= 4 is 17.5 Å². The van der Waals surface area contributed by atoms with E-state index in [4.69, 9.17) is 30.5 Å². The Morgan fingerprint density at radius 1 is 1.05 bits per heavy atom. The Morgan fingerprint density at radius 3 is 2.46 bits per heavy atom. The van der Waals surface area contributed by atoms with Crippen LogP contribution in [0.15, 0.2) is 48.5 Å². The lowest BCUT2D eigenvalue weighted by atomic mass is 9.78. The van der Waals surface area contributed by atoms with Gasteiger partial charge in [0.15, 0.2) is 11.4 Å². The van der Waals surface area contributed by atoms with Gasteiger partial charge in [-0.25, -0.2) is 0 Å². The lowest BCUT2D eigenvalue weighted by molar-refractivity contribution is -0.183. The molecule has 2 saturated carbocycles. The van der Waals surface area contributed by atoms with Crippen LogP contribution < -0.4 is 5.32 Å². The Morgan fingerprint density at radius 2 is 1.79 bits per heavy atom. The van der Waals surface area contributed by atoms with Crippen LogP contribution in [0.4, 0.5) is 13.2 Å². The molecule has 0 radical (unpaired) electrons. The molecule has 0 spiro atoms. The zero-order chi connectivity index (χ0) is 27.8. The van der Waals surface area contributed by atoms with Crippen molar-refractivity contribution in [2.45, 2.75) is 88.6 Å². The van der Waals surface area contributed by atoms with E-state index in [2.05, 4.69) is 5.32 Å². The maximum atomic E-state index is 13.7. The second-order valence-electron chi connectivity index (χ2n) is 11.2. The van der Waals surface area contributed by atoms with Gasteiger partial charge in [0.25, 0.3) is 5.91 Å². The molecule has 1 heterocycles. The normalized spacial score (nSPS) is 28.2. The zero-order valence-corrected chi connectivity index (χ0v) is 22.7. The summed E-state index contributed by atoms with van der Waals surface area (Å²) in [6.07, 6.45) is -3.30. The predicted molar refractivity (Wildman–Crippen MR) is 138 cm³/mol. The lowest BCUT2D eigenvalue weighted by Gasteiger charge is -2.43. The molecule has 2 aromatic rings. The molecule has 4 atom stereocenters. The molecule has 1 N–H and O–H groups in total. The summed E-state index contributed by atoms with van der Waals surface area (Å²) in [6, 6.07) is 12.1. The van der Waals surface area contributed by atoms with Gasteiger partial charge in [-0.3, -0.25) is 4.79 Å². The molecule has 0 aromatic heterocycles. The lowest BCUT2D eigenvalue weighted by Crippen LogP contribution is -2.60. The van der Waals surface area contributed by atoms with Crippen molar-refractivity contribution in [2.24, 2.45) is 5.92 Å². The summed E-state index contributed by atoms with van der Waals surface area (Å²) in [6.45, 7) is 4.39. The van der Waals surface area contributed by atoms with Gasteiger partial charge in [0.2, 0.25) is 0 Å². The molecular weight excluding hydrogens is 535 g/mol. The largest absolute Gasteiger partial charge is 0.416 e. The number of hydrogen-bond donors (Lipinski definition) is 1. The second kappa shape index (κ2) is 11.0. The molecule has 6 nitrogen and oxygen atoms in total. The molecule has 3 fully saturated rings. The highest BCUT2D eigenvalue weighted by Crippen LogP contribution is 2.44. The average molecular weight is 568 g/mol. The number of carbonyl (C=O) groups is 1. The molecular formula is C29H33ClF3NO5. The summed E-state index contributed by atoms with van der Waals surface area (Å²) in [7, 11) is 0. The third-order valence-corrected chi connectivity index (χ3v) is 7.70. The minimum Gasteiger partial charge on any atom is -0.371 e. The predicted octanol–water partition coefficient (Wildman–Crippen LogP) is 6.04. The topological polar surface area (TPSA) is 66.0 Å². The molecule has 212 valence electrons. The number of carbonyl (C=O) groups excluding carboxylic acids is 1. The first kappa shape index (κ1) is 28.4. The fraction of sp³-hybridized carbons (Fsp3) is 0.552. The third-order valence-electron chi connectivity index (χ3n) is 7.46. The minimum atomic E-state index is -4.41. The molecule has 2 aromatic carbocycles. The van der Waals surface area contributed by atoms with Gasteiger partial charge in [-0.1, -0.05) is 35.9 Å². The van der Waals surface area contributed by atoms with E-state index in [1.165, 1.54) is 12.1 Å². The summed E-state index contributed by atoms with van der Waals surface area (Å²) in [5.74, 6) is -0.642. The summed E-state index contributed by atoms with van der Waals surface area (Å²) in [5, 5.41) is 3.64. The van der Waals surface area contributed by atoms with Crippen molar-refractivity contribution in [2.75, 3.05) is 6.54 Å². The molecule has 5 rings (SSSR count). The Kier molecular flexibility index (Phi) is 8.01. The first-order chi connectivity index (χ1) is 18.4. The van der Waals surface area contributed by atoms with Crippen LogP contribution >= 0.6 is 11.6 Å².